The first-order chi connectivity index (χ1) is 7.76. The Hall–Kier alpha value is -0.910. The minimum atomic E-state index is 0.601. The zero-order valence-corrected chi connectivity index (χ0v) is 10.8. The van der Waals surface area contributed by atoms with Crippen molar-refractivity contribution in [3.8, 4) is 0 Å². The lowest BCUT2D eigenvalue weighted by Crippen LogP contribution is -2.32. The Kier molecular flexibility index (Phi) is 6.07. The van der Waals surface area contributed by atoms with Crippen LogP contribution >= 0.6 is 15.9 Å². The Morgan fingerprint density at radius 2 is 2.38 bits per heavy atom. The fraction of sp³-hybridized carbons (Fsp3) is 0.364. The van der Waals surface area contributed by atoms with Gasteiger partial charge in [-0.2, -0.15) is 0 Å². The highest BCUT2D eigenvalue weighted by molar-refractivity contribution is 9.10. The molecule has 1 rings (SSSR count). The van der Waals surface area contributed by atoms with Gasteiger partial charge in [-0.25, -0.2) is 5.84 Å². The first-order valence-electron chi connectivity index (χ1n) is 4.99. The van der Waals surface area contributed by atoms with Gasteiger partial charge in [0, 0.05) is 18.0 Å². The van der Waals surface area contributed by atoms with E-state index in [1.807, 2.05) is 24.3 Å². The van der Waals surface area contributed by atoms with E-state index in [1.54, 1.807) is 7.11 Å². The molecule has 0 saturated carbocycles. The van der Waals surface area contributed by atoms with Crippen LogP contribution in [0.15, 0.2) is 33.7 Å². The van der Waals surface area contributed by atoms with Crippen molar-refractivity contribution in [2.75, 3.05) is 20.3 Å². The van der Waals surface area contributed by atoms with Crippen LogP contribution in [0.5, 0.6) is 0 Å². The van der Waals surface area contributed by atoms with Crippen molar-refractivity contribution in [3.63, 3.8) is 0 Å². The molecule has 0 unspecified atom stereocenters. The zero-order chi connectivity index (χ0) is 11.8. The molecule has 5 heteroatoms. The van der Waals surface area contributed by atoms with Crippen LogP contribution in [0.2, 0.25) is 0 Å². The third-order valence-electron chi connectivity index (χ3n) is 2.03. The summed E-state index contributed by atoms with van der Waals surface area (Å²) in [4.78, 5) is 4.30. The molecule has 0 amide bonds. The van der Waals surface area contributed by atoms with Crippen LogP contribution in [0.3, 0.4) is 0 Å². The Morgan fingerprint density at radius 1 is 1.56 bits per heavy atom. The van der Waals surface area contributed by atoms with Gasteiger partial charge in [-0.1, -0.05) is 28.1 Å². The smallest absolute Gasteiger partial charge is 0.115 e. The maximum absolute atomic E-state index is 5.41. The number of nitrogens with one attached hydrogen (secondary N) is 1. The van der Waals surface area contributed by atoms with E-state index in [2.05, 4.69) is 26.3 Å². The zero-order valence-electron chi connectivity index (χ0n) is 9.24. The van der Waals surface area contributed by atoms with Crippen LogP contribution in [-0.4, -0.2) is 26.1 Å². The van der Waals surface area contributed by atoms with Gasteiger partial charge in [0.2, 0.25) is 0 Å². The third-order valence-corrected chi connectivity index (χ3v) is 2.52. The quantitative estimate of drug-likeness (QED) is 0.283. The number of hydrogen-bond acceptors (Lipinski definition) is 3. The summed E-state index contributed by atoms with van der Waals surface area (Å²) in [6.07, 6.45) is 0.694. The number of nitrogens with two attached hydrogens (primary N) is 1. The van der Waals surface area contributed by atoms with Gasteiger partial charge >= 0.3 is 0 Å². The van der Waals surface area contributed by atoms with E-state index >= 15 is 0 Å². The number of rotatable bonds is 5. The lowest BCUT2D eigenvalue weighted by atomic mass is 10.1. The van der Waals surface area contributed by atoms with Crippen molar-refractivity contribution >= 4 is 21.8 Å². The second-order valence-corrected chi connectivity index (χ2v) is 4.19. The van der Waals surface area contributed by atoms with E-state index in [1.165, 1.54) is 0 Å². The number of hydrazine groups is 1. The molecule has 0 bridgehead atoms. The fourth-order valence-corrected chi connectivity index (χ4v) is 1.71. The van der Waals surface area contributed by atoms with E-state index in [9.17, 15) is 0 Å². The van der Waals surface area contributed by atoms with Gasteiger partial charge in [-0.3, -0.25) is 4.99 Å². The number of methoxy groups -OCH3 is 1. The fourth-order valence-electron chi connectivity index (χ4n) is 1.26. The molecule has 3 N–H and O–H groups in total. The molecule has 0 fully saturated rings. The van der Waals surface area contributed by atoms with Crippen LogP contribution in [-0.2, 0) is 11.2 Å². The summed E-state index contributed by atoms with van der Waals surface area (Å²) < 4.78 is 5.98. The molecule has 4 nitrogen and oxygen atoms in total. The predicted molar refractivity (Wildman–Crippen MR) is 69.3 cm³/mol. The summed E-state index contributed by atoms with van der Waals surface area (Å²) in [5.74, 6) is 6.17. The monoisotopic (exact) mass is 285 g/mol. The number of aliphatic imine (C=N–C) groups is 1. The van der Waals surface area contributed by atoms with E-state index in [0.717, 1.165) is 15.9 Å². The first-order valence-corrected chi connectivity index (χ1v) is 5.79. The molecule has 0 aromatic heterocycles. The minimum absolute atomic E-state index is 0.601. The van der Waals surface area contributed by atoms with Crippen LogP contribution < -0.4 is 11.3 Å². The average Bonchev–Trinajstić information content (AvgIpc) is 2.28. The van der Waals surface area contributed by atoms with Gasteiger partial charge < -0.3 is 10.2 Å². The van der Waals surface area contributed by atoms with Crippen LogP contribution in [0.25, 0.3) is 0 Å². The van der Waals surface area contributed by atoms with Crippen molar-refractivity contribution in [1.29, 1.82) is 0 Å². The summed E-state index contributed by atoms with van der Waals surface area (Å²) in [6.45, 7) is 1.22. The maximum atomic E-state index is 5.41. The average molecular weight is 286 g/mol. The molecule has 0 aliphatic heterocycles. The molecule has 88 valence electrons. The molecule has 0 aliphatic rings. The molecule has 0 spiro atoms. The number of halogens is 1. The highest BCUT2D eigenvalue weighted by Gasteiger charge is 1.99. The molecule has 0 atom stereocenters. The molecule has 0 saturated heterocycles. The Labute approximate surface area is 104 Å². The van der Waals surface area contributed by atoms with Crippen LogP contribution in [0, 0.1) is 0 Å². The second kappa shape index (κ2) is 7.38. The van der Waals surface area contributed by atoms with Crippen molar-refractivity contribution in [1.82, 2.24) is 5.43 Å². The van der Waals surface area contributed by atoms with Crippen molar-refractivity contribution < 1.29 is 4.74 Å². The molecule has 1 aromatic rings. The van der Waals surface area contributed by atoms with E-state index in [4.69, 9.17) is 10.6 Å². The second-order valence-electron chi connectivity index (χ2n) is 3.27. The Balaban J connectivity index is 2.59. The SMILES string of the molecule is COCCN=C(Cc1cccc(Br)c1)NN. The number of amidine groups is 1. The van der Waals surface area contributed by atoms with Crippen molar-refractivity contribution in [2.45, 2.75) is 6.42 Å². The Bertz CT molecular complexity index is 355. The molecule has 16 heavy (non-hydrogen) atoms. The summed E-state index contributed by atoms with van der Waals surface area (Å²) in [5.41, 5.74) is 3.76. The number of nitrogens with zero attached hydrogens (tertiary/aromatic N) is 1. The lowest BCUT2D eigenvalue weighted by molar-refractivity contribution is 0.208. The van der Waals surface area contributed by atoms with Gasteiger partial charge in [0.1, 0.15) is 5.84 Å². The van der Waals surface area contributed by atoms with Gasteiger partial charge in [0.25, 0.3) is 0 Å². The topological polar surface area (TPSA) is 59.6 Å². The minimum Gasteiger partial charge on any atom is -0.383 e. The van der Waals surface area contributed by atoms with Gasteiger partial charge in [0.05, 0.1) is 13.2 Å². The summed E-state index contributed by atoms with van der Waals surface area (Å²) >= 11 is 3.43. The normalized spacial score (nSPS) is 11.6. The molecular weight excluding hydrogens is 270 g/mol. The van der Waals surface area contributed by atoms with Gasteiger partial charge in [0.15, 0.2) is 0 Å². The van der Waals surface area contributed by atoms with Crippen molar-refractivity contribution in [2.24, 2.45) is 10.8 Å². The largest absolute Gasteiger partial charge is 0.383 e. The highest BCUT2D eigenvalue weighted by Crippen LogP contribution is 2.12. The van der Waals surface area contributed by atoms with Gasteiger partial charge in [-0.05, 0) is 17.7 Å². The molecule has 1 aromatic carbocycles. The van der Waals surface area contributed by atoms with Crippen LogP contribution in [0.1, 0.15) is 5.56 Å². The number of ether oxygens (including phenoxy) is 1. The number of benzene rings is 1. The summed E-state index contributed by atoms with van der Waals surface area (Å²) in [5, 5.41) is 0. The number of hydrogen-bond donors (Lipinski definition) is 2. The van der Waals surface area contributed by atoms with Gasteiger partial charge in [-0.15, -0.1) is 0 Å². The third kappa shape index (κ3) is 4.74. The van der Waals surface area contributed by atoms with E-state index in [0.29, 0.717) is 19.6 Å². The highest BCUT2D eigenvalue weighted by atomic mass is 79.9. The molecule has 0 heterocycles. The van der Waals surface area contributed by atoms with Crippen molar-refractivity contribution in [3.05, 3.63) is 34.3 Å². The molecular formula is C11H16BrN3O. The standard InChI is InChI=1S/C11H16BrN3O/c1-16-6-5-14-11(15-13)8-9-3-2-4-10(12)7-9/h2-4,7H,5-6,8,13H2,1H3,(H,14,15). The lowest BCUT2D eigenvalue weighted by Gasteiger charge is -2.06. The summed E-state index contributed by atoms with van der Waals surface area (Å²) in [6, 6.07) is 8.06. The summed E-state index contributed by atoms with van der Waals surface area (Å²) in [7, 11) is 1.65. The van der Waals surface area contributed by atoms with E-state index < -0.39 is 0 Å². The Morgan fingerprint density at radius 3 is 3.00 bits per heavy atom. The molecule has 0 radical (unpaired) electrons. The first kappa shape index (κ1) is 13.2. The van der Waals surface area contributed by atoms with E-state index in [-0.39, 0.29) is 0 Å². The maximum Gasteiger partial charge on any atom is 0.115 e. The predicted octanol–water partition coefficient (Wildman–Crippen LogP) is 1.50. The molecule has 0 aliphatic carbocycles. The van der Waals surface area contributed by atoms with Crippen LogP contribution in [0.4, 0.5) is 0 Å².